The average molecular weight is 310 g/mol. The van der Waals surface area contributed by atoms with Crippen molar-refractivity contribution in [2.75, 3.05) is 14.2 Å². The van der Waals surface area contributed by atoms with Crippen LogP contribution in [0.5, 0.6) is 0 Å². The number of nitrogens with zero attached hydrogens (tertiary/aromatic N) is 2. The highest BCUT2D eigenvalue weighted by Crippen LogP contribution is 2.35. The molecule has 0 unspecified atom stereocenters. The van der Waals surface area contributed by atoms with Gasteiger partial charge in [-0.2, -0.15) is 9.98 Å². The van der Waals surface area contributed by atoms with Crippen LogP contribution in [0.15, 0.2) is 58.5 Å². The molecule has 0 aromatic heterocycles. The van der Waals surface area contributed by atoms with Crippen molar-refractivity contribution >= 4 is 23.5 Å². The van der Waals surface area contributed by atoms with E-state index < -0.39 is 5.79 Å². The molecule has 0 aliphatic carbocycles. The summed E-state index contributed by atoms with van der Waals surface area (Å²) in [4.78, 5) is 27.7. The number of ether oxygens (including phenoxy) is 2. The van der Waals surface area contributed by atoms with Crippen molar-refractivity contribution in [3.63, 3.8) is 0 Å². The van der Waals surface area contributed by atoms with Crippen molar-refractivity contribution in [3.05, 3.63) is 59.7 Å². The van der Waals surface area contributed by atoms with E-state index in [2.05, 4.69) is 9.98 Å². The van der Waals surface area contributed by atoms with Gasteiger partial charge in [-0.25, -0.2) is 9.59 Å². The fourth-order valence-electron chi connectivity index (χ4n) is 2.34. The topological polar surface area (TPSA) is 77.3 Å². The van der Waals surface area contributed by atoms with E-state index in [1.165, 1.54) is 26.4 Å². The lowest BCUT2D eigenvalue weighted by Gasteiger charge is -2.31. The Morgan fingerprint density at radius 2 is 1.09 bits per heavy atom. The molecule has 0 amide bonds. The van der Waals surface area contributed by atoms with Gasteiger partial charge in [-0.05, 0) is 24.3 Å². The highest BCUT2D eigenvalue weighted by atomic mass is 16.7. The zero-order chi connectivity index (χ0) is 16.7. The molecule has 6 heteroatoms. The van der Waals surface area contributed by atoms with Gasteiger partial charge in [0.15, 0.2) is 0 Å². The van der Waals surface area contributed by atoms with Crippen LogP contribution in [0.4, 0.5) is 11.4 Å². The second-order valence-electron chi connectivity index (χ2n) is 4.52. The minimum atomic E-state index is -1.13. The van der Waals surface area contributed by atoms with Crippen LogP contribution in [-0.4, -0.2) is 26.4 Å². The highest BCUT2D eigenvalue weighted by Gasteiger charge is 2.34. The monoisotopic (exact) mass is 310 g/mol. The molecule has 0 atom stereocenters. The average Bonchev–Trinajstić information content (AvgIpc) is 2.60. The zero-order valence-electron chi connectivity index (χ0n) is 12.6. The Hall–Kier alpha value is -2.88. The maximum Gasteiger partial charge on any atom is 0.240 e. The summed E-state index contributed by atoms with van der Waals surface area (Å²) in [5, 5.41) is 0. The summed E-state index contributed by atoms with van der Waals surface area (Å²) in [6.07, 6.45) is 2.98. The second kappa shape index (κ2) is 7.40. The molecule has 2 rings (SSSR count). The number of isocyanates is 2. The van der Waals surface area contributed by atoms with Crippen LogP contribution in [0.2, 0.25) is 0 Å². The normalized spacial score (nSPS) is 10.5. The lowest BCUT2D eigenvalue weighted by molar-refractivity contribution is -0.183. The van der Waals surface area contributed by atoms with Crippen LogP contribution in [-0.2, 0) is 24.8 Å². The van der Waals surface area contributed by atoms with Gasteiger partial charge in [-0.1, -0.05) is 24.3 Å². The SMILES string of the molecule is COC(OC)(c1ccc(N=C=O)cc1)c1ccc(N=C=O)cc1. The van der Waals surface area contributed by atoms with Gasteiger partial charge in [0.05, 0.1) is 11.4 Å². The van der Waals surface area contributed by atoms with Crippen LogP contribution in [0.25, 0.3) is 0 Å². The van der Waals surface area contributed by atoms with Crippen molar-refractivity contribution in [1.29, 1.82) is 0 Å². The number of aliphatic imine (C=N–C) groups is 2. The smallest absolute Gasteiger partial charge is 0.240 e. The van der Waals surface area contributed by atoms with Crippen molar-refractivity contribution in [1.82, 2.24) is 0 Å². The largest absolute Gasteiger partial charge is 0.346 e. The molecular formula is C17H14N2O4. The minimum Gasteiger partial charge on any atom is -0.346 e. The predicted molar refractivity (Wildman–Crippen MR) is 83.2 cm³/mol. The molecule has 116 valence electrons. The molecule has 0 aliphatic rings. The maximum atomic E-state index is 10.3. The summed E-state index contributed by atoms with van der Waals surface area (Å²) in [7, 11) is 3.05. The van der Waals surface area contributed by atoms with Crippen molar-refractivity contribution < 1.29 is 19.1 Å². The molecule has 6 nitrogen and oxygen atoms in total. The lowest BCUT2D eigenvalue weighted by atomic mass is 9.96. The molecule has 0 radical (unpaired) electrons. The fraction of sp³-hybridized carbons (Fsp3) is 0.176. The number of carbonyl (C=O) groups excluding carboxylic acids is 2. The fourth-order valence-corrected chi connectivity index (χ4v) is 2.34. The first-order chi connectivity index (χ1) is 11.2. The quantitative estimate of drug-likeness (QED) is 0.466. The lowest BCUT2D eigenvalue weighted by Crippen LogP contribution is -2.32. The molecule has 0 spiro atoms. The van der Waals surface area contributed by atoms with Crippen molar-refractivity contribution in [3.8, 4) is 0 Å². The Balaban J connectivity index is 2.49. The Labute approximate surface area is 133 Å². The maximum absolute atomic E-state index is 10.3. The van der Waals surface area contributed by atoms with Crippen LogP contribution < -0.4 is 0 Å². The minimum absolute atomic E-state index is 0.487. The number of hydrogen-bond acceptors (Lipinski definition) is 6. The van der Waals surface area contributed by atoms with Gasteiger partial charge in [0.25, 0.3) is 0 Å². The third-order valence-corrected chi connectivity index (χ3v) is 3.42. The summed E-state index contributed by atoms with van der Waals surface area (Å²) in [6, 6.07) is 13.7. The summed E-state index contributed by atoms with van der Waals surface area (Å²) < 4.78 is 11.2. The first kappa shape index (κ1) is 16.5. The molecule has 2 aromatic carbocycles. The second-order valence-corrected chi connectivity index (χ2v) is 4.52. The van der Waals surface area contributed by atoms with Gasteiger partial charge >= 0.3 is 0 Å². The van der Waals surface area contributed by atoms with Crippen LogP contribution in [0, 0.1) is 0 Å². The summed E-state index contributed by atoms with van der Waals surface area (Å²) in [5.74, 6) is -1.13. The Kier molecular flexibility index (Phi) is 5.31. The van der Waals surface area contributed by atoms with Crippen LogP contribution >= 0.6 is 0 Å². The summed E-state index contributed by atoms with van der Waals surface area (Å²) in [6.45, 7) is 0. The van der Waals surface area contributed by atoms with Crippen molar-refractivity contribution in [2.24, 2.45) is 9.98 Å². The van der Waals surface area contributed by atoms with Gasteiger partial charge < -0.3 is 9.47 Å². The predicted octanol–water partition coefficient (Wildman–Crippen LogP) is 3.12. The first-order valence-corrected chi connectivity index (χ1v) is 6.67. The number of methoxy groups -OCH3 is 2. The molecular weight excluding hydrogens is 296 g/mol. The number of rotatable bonds is 6. The van der Waals surface area contributed by atoms with Crippen LogP contribution in [0.1, 0.15) is 11.1 Å². The van der Waals surface area contributed by atoms with E-state index in [1.54, 1.807) is 48.5 Å². The Bertz CT molecular complexity index is 689. The molecule has 0 saturated heterocycles. The van der Waals surface area contributed by atoms with E-state index in [1.807, 2.05) is 0 Å². The third-order valence-electron chi connectivity index (χ3n) is 3.42. The molecule has 0 fully saturated rings. The van der Waals surface area contributed by atoms with E-state index in [4.69, 9.17) is 9.47 Å². The first-order valence-electron chi connectivity index (χ1n) is 6.67. The molecule has 0 aliphatic heterocycles. The van der Waals surface area contributed by atoms with E-state index in [0.717, 1.165) is 11.1 Å². The number of benzene rings is 2. The van der Waals surface area contributed by atoms with Gasteiger partial charge in [0.1, 0.15) is 0 Å². The molecule has 0 bridgehead atoms. The highest BCUT2D eigenvalue weighted by molar-refractivity contribution is 5.52. The molecule has 0 saturated carbocycles. The summed E-state index contributed by atoms with van der Waals surface area (Å²) in [5.41, 5.74) is 2.42. The van der Waals surface area contributed by atoms with Crippen molar-refractivity contribution in [2.45, 2.75) is 5.79 Å². The third kappa shape index (κ3) is 3.31. The Morgan fingerprint density at radius 3 is 1.35 bits per heavy atom. The number of hydrogen-bond donors (Lipinski definition) is 0. The van der Waals surface area contributed by atoms with E-state index >= 15 is 0 Å². The Morgan fingerprint density at radius 1 is 0.739 bits per heavy atom. The standard InChI is InChI=1S/C17H14N2O4/c1-22-17(23-2,13-3-7-15(8-4-13)18-11-20)14-5-9-16(10-6-14)19-12-21/h3-10H,1-2H3. The summed E-state index contributed by atoms with van der Waals surface area (Å²) >= 11 is 0. The molecule has 2 aromatic rings. The molecule has 0 heterocycles. The van der Waals surface area contributed by atoms with E-state index in [0.29, 0.717) is 11.4 Å². The molecule has 23 heavy (non-hydrogen) atoms. The zero-order valence-corrected chi connectivity index (χ0v) is 12.6. The molecule has 0 N–H and O–H groups in total. The van der Waals surface area contributed by atoms with E-state index in [9.17, 15) is 9.59 Å². The van der Waals surface area contributed by atoms with Gasteiger partial charge in [0.2, 0.25) is 17.9 Å². The van der Waals surface area contributed by atoms with Gasteiger partial charge in [-0.3, -0.25) is 0 Å². The van der Waals surface area contributed by atoms with Gasteiger partial charge in [-0.15, -0.1) is 0 Å². The van der Waals surface area contributed by atoms with E-state index in [-0.39, 0.29) is 0 Å². The van der Waals surface area contributed by atoms with Gasteiger partial charge in [0, 0.05) is 25.3 Å². The van der Waals surface area contributed by atoms with Crippen LogP contribution in [0.3, 0.4) is 0 Å².